The zero-order valence-corrected chi connectivity index (χ0v) is 10.3. The van der Waals surface area contributed by atoms with Gasteiger partial charge in [0.1, 0.15) is 0 Å². The van der Waals surface area contributed by atoms with E-state index < -0.39 is 17.6 Å². The first-order valence-corrected chi connectivity index (χ1v) is 5.54. The Hall–Kier alpha value is -2.38. The van der Waals surface area contributed by atoms with Gasteiger partial charge in [-0.1, -0.05) is 6.07 Å². The fraction of sp³-hybridized carbons (Fsp3) is 0.167. The van der Waals surface area contributed by atoms with E-state index in [9.17, 15) is 17.6 Å². The molecule has 0 spiro atoms. The third-order valence-electron chi connectivity index (χ3n) is 2.42. The van der Waals surface area contributed by atoms with Gasteiger partial charge >= 0.3 is 6.18 Å². The molecule has 0 atom stereocenters. The Labute approximate surface area is 111 Å². The number of nitrogens with zero attached hydrogens (tertiary/aromatic N) is 2. The van der Waals surface area contributed by atoms with Crippen LogP contribution in [0.15, 0.2) is 30.5 Å². The number of nitrogens with one attached hydrogen (secondary N) is 2. The maximum Gasteiger partial charge on any atom is 0.416 e. The van der Waals surface area contributed by atoms with Crippen LogP contribution >= 0.6 is 0 Å². The third-order valence-corrected chi connectivity index (χ3v) is 2.42. The van der Waals surface area contributed by atoms with E-state index >= 15 is 0 Å². The molecule has 1 heterocycles. The first-order chi connectivity index (χ1) is 9.40. The highest BCUT2D eigenvalue weighted by molar-refractivity contribution is 5.58. The van der Waals surface area contributed by atoms with Crippen molar-refractivity contribution in [1.29, 1.82) is 0 Å². The molecule has 2 N–H and O–H groups in total. The first kappa shape index (κ1) is 14.0. The highest BCUT2D eigenvalue weighted by atomic mass is 19.4. The van der Waals surface area contributed by atoms with Crippen LogP contribution in [0.25, 0.3) is 0 Å². The standard InChI is InChI=1S/C12H10F4N4/c1-17-11-18-6-9(13)10(20-11)19-8-4-2-3-7(5-8)12(14,15)16/h2-6H,1H3,(H2,17,18,19,20). The van der Waals surface area contributed by atoms with Crippen LogP contribution in [0, 0.1) is 5.82 Å². The molecule has 0 radical (unpaired) electrons. The van der Waals surface area contributed by atoms with Crippen LogP contribution in [0.2, 0.25) is 0 Å². The Kier molecular flexibility index (Phi) is 3.73. The van der Waals surface area contributed by atoms with Crippen LogP contribution in [0.4, 0.5) is 35.0 Å². The average Bonchev–Trinajstić information content (AvgIpc) is 2.41. The number of hydrogen-bond donors (Lipinski definition) is 2. The summed E-state index contributed by atoms with van der Waals surface area (Å²) in [5, 5.41) is 5.10. The molecule has 4 nitrogen and oxygen atoms in total. The molecule has 0 aliphatic heterocycles. The molecule has 1 aromatic heterocycles. The molecule has 0 fully saturated rings. The lowest BCUT2D eigenvalue weighted by molar-refractivity contribution is -0.137. The highest BCUT2D eigenvalue weighted by Crippen LogP contribution is 2.31. The maximum absolute atomic E-state index is 13.5. The van der Waals surface area contributed by atoms with Crippen LogP contribution in [0.1, 0.15) is 5.56 Å². The summed E-state index contributed by atoms with van der Waals surface area (Å²) >= 11 is 0. The monoisotopic (exact) mass is 286 g/mol. The van der Waals surface area contributed by atoms with E-state index in [-0.39, 0.29) is 17.5 Å². The molecule has 0 amide bonds. The second-order valence-corrected chi connectivity index (χ2v) is 3.84. The molecule has 0 saturated carbocycles. The van der Waals surface area contributed by atoms with E-state index in [4.69, 9.17) is 0 Å². The summed E-state index contributed by atoms with van der Waals surface area (Å²) in [4.78, 5) is 7.43. The predicted molar refractivity (Wildman–Crippen MR) is 66.3 cm³/mol. The fourth-order valence-electron chi connectivity index (χ4n) is 1.49. The number of halogens is 4. The Morgan fingerprint density at radius 2 is 1.95 bits per heavy atom. The molecule has 0 bridgehead atoms. The second-order valence-electron chi connectivity index (χ2n) is 3.84. The van der Waals surface area contributed by atoms with E-state index in [0.29, 0.717) is 0 Å². The average molecular weight is 286 g/mol. The van der Waals surface area contributed by atoms with Gasteiger partial charge in [0.15, 0.2) is 11.6 Å². The van der Waals surface area contributed by atoms with Gasteiger partial charge in [-0.05, 0) is 18.2 Å². The van der Waals surface area contributed by atoms with Gasteiger partial charge in [-0.15, -0.1) is 0 Å². The molecule has 1 aromatic carbocycles. The van der Waals surface area contributed by atoms with Crippen LogP contribution in [0.3, 0.4) is 0 Å². The normalized spacial score (nSPS) is 11.2. The van der Waals surface area contributed by atoms with Gasteiger partial charge in [0.05, 0.1) is 11.8 Å². The van der Waals surface area contributed by atoms with E-state index in [0.717, 1.165) is 18.3 Å². The van der Waals surface area contributed by atoms with E-state index in [2.05, 4.69) is 20.6 Å². The zero-order valence-electron chi connectivity index (χ0n) is 10.3. The van der Waals surface area contributed by atoms with Gasteiger partial charge < -0.3 is 10.6 Å². The first-order valence-electron chi connectivity index (χ1n) is 5.54. The number of aromatic nitrogens is 2. The molecule has 8 heteroatoms. The predicted octanol–water partition coefficient (Wildman–Crippen LogP) is 3.42. The number of alkyl halides is 3. The van der Waals surface area contributed by atoms with Gasteiger partial charge in [0.2, 0.25) is 5.95 Å². The van der Waals surface area contributed by atoms with Gasteiger partial charge in [-0.25, -0.2) is 9.37 Å². The van der Waals surface area contributed by atoms with Crippen molar-refractivity contribution in [3.8, 4) is 0 Å². The van der Waals surface area contributed by atoms with Crippen LogP contribution in [-0.4, -0.2) is 17.0 Å². The van der Waals surface area contributed by atoms with Gasteiger partial charge in [0.25, 0.3) is 0 Å². The minimum atomic E-state index is -4.46. The molecule has 20 heavy (non-hydrogen) atoms. The molecule has 106 valence electrons. The SMILES string of the molecule is CNc1ncc(F)c(Nc2cccc(C(F)(F)F)c2)n1. The van der Waals surface area contributed by atoms with Crippen molar-refractivity contribution in [3.05, 3.63) is 41.8 Å². The summed E-state index contributed by atoms with van der Waals surface area (Å²) in [7, 11) is 1.54. The lowest BCUT2D eigenvalue weighted by Crippen LogP contribution is -2.06. The summed E-state index contributed by atoms with van der Waals surface area (Å²) in [5.41, 5.74) is -0.745. The van der Waals surface area contributed by atoms with Gasteiger partial charge in [0, 0.05) is 12.7 Å². The van der Waals surface area contributed by atoms with Crippen molar-refractivity contribution in [3.63, 3.8) is 0 Å². The van der Waals surface area contributed by atoms with Crippen molar-refractivity contribution in [2.24, 2.45) is 0 Å². The summed E-state index contributed by atoms with van der Waals surface area (Å²) in [6, 6.07) is 4.42. The van der Waals surface area contributed by atoms with Crippen molar-refractivity contribution >= 4 is 17.5 Å². The van der Waals surface area contributed by atoms with E-state index in [1.807, 2.05) is 0 Å². The Morgan fingerprint density at radius 1 is 1.20 bits per heavy atom. The quantitative estimate of drug-likeness (QED) is 0.849. The molecule has 0 aliphatic carbocycles. The van der Waals surface area contributed by atoms with Crippen molar-refractivity contribution < 1.29 is 17.6 Å². The molecular formula is C12H10F4N4. The smallest absolute Gasteiger partial charge is 0.357 e. The van der Waals surface area contributed by atoms with Crippen LogP contribution in [-0.2, 0) is 6.18 Å². The minimum absolute atomic E-state index is 0.0829. The molecule has 0 saturated heterocycles. The molecule has 2 aromatic rings. The largest absolute Gasteiger partial charge is 0.416 e. The van der Waals surface area contributed by atoms with Crippen molar-refractivity contribution in [1.82, 2.24) is 9.97 Å². The minimum Gasteiger partial charge on any atom is -0.357 e. The second kappa shape index (κ2) is 5.32. The molecule has 0 aliphatic rings. The van der Waals surface area contributed by atoms with E-state index in [1.54, 1.807) is 7.05 Å². The highest BCUT2D eigenvalue weighted by Gasteiger charge is 2.30. The van der Waals surface area contributed by atoms with Crippen LogP contribution < -0.4 is 10.6 Å². The Balaban J connectivity index is 2.30. The number of anilines is 3. The summed E-state index contributed by atoms with van der Waals surface area (Å²) in [5.74, 6) is -0.814. The lowest BCUT2D eigenvalue weighted by atomic mass is 10.2. The van der Waals surface area contributed by atoms with Crippen molar-refractivity contribution in [2.45, 2.75) is 6.18 Å². The molecule has 0 unspecified atom stereocenters. The van der Waals surface area contributed by atoms with E-state index in [1.165, 1.54) is 12.1 Å². The van der Waals surface area contributed by atoms with Gasteiger partial charge in [-0.2, -0.15) is 18.2 Å². The summed E-state index contributed by atoms with van der Waals surface area (Å²) in [6.45, 7) is 0. The Morgan fingerprint density at radius 3 is 2.60 bits per heavy atom. The van der Waals surface area contributed by atoms with Crippen molar-refractivity contribution in [2.75, 3.05) is 17.7 Å². The summed E-state index contributed by atoms with van der Waals surface area (Å²) in [6.07, 6.45) is -3.53. The zero-order chi connectivity index (χ0) is 14.8. The molecule has 2 rings (SSSR count). The fourth-order valence-corrected chi connectivity index (χ4v) is 1.49. The lowest BCUT2D eigenvalue weighted by Gasteiger charge is -2.11. The maximum atomic E-state index is 13.5. The third kappa shape index (κ3) is 3.14. The van der Waals surface area contributed by atoms with Gasteiger partial charge in [-0.3, -0.25) is 0 Å². The molecular weight excluding hydrogens is 276 g/mol. The number of benzene rings is 1. The topological polar surface area (TPSA) is 49.8 Å². The Bertz CT molecular complexity index is 613. The van der Waals surface area contributed by atoms with Crippen LogP contribution in [0.5, 0.6) is 0 Å². The number of rotatable bonds is 3. The number of hydrogen-bond acceptors (Lipinski definition) is 4. The summed E-state index contributed by atoms with van der Waals surface area (Å²) < 4.78 is 51.2.